The zero-order valence-electron chi connectivity index (χ0n) is 13.8. The zero-order valence-corrected chi connectivity index (χ0v) is 14.5. The van der Waals surface area contributed by atoms with Crippen molar-refractivity contribution >= 4 is 11.6 Å². The molecule has 0 saturated carbocycles. The van der Waals surface area contributed by atoms with Crippen LogP contribution in [-0.2, 0) is 0 Å². The van der Waals surface area contributed by atoms with Gasteiger partial charge in [-0.15, -0.1) is 0 Å². The molecule has 0 aliphatic rings. The fourth-order valence-electron chi connectivity index (χ4n) is 3.04. The number of hydrogen-bond donors (Lipinski definition) is 1. The molecule has 0 bridgehead atoms. The Labute approximate surface area is 133 Å². The van der Waals surface area contributed by atoms with Crippen LogP contribution in [0.3, 0.4) is 0 Å². The van der Waals surface area contributed by atoms with Gasteiger partial charge in [-0.3, -0.25) is 0 Å². The second-order valence-corrected chi connectivity index (χ2v) is 6.45. The second kappa shape index (κ2) is 5.82. The Hall–Kier alpha value is -1.31. The summed E-state index contributed by atoms with van der Waals surface area (Å²) in [4.78, 5) is 0. The van der Waals surface area contributed by atoms with Gasteiger partial charge in [-0.1, -0.05) is 23.7 Å². The summed E-state index contributed by atoms with van der Waals surface area (Å²) in [6.07, 6.45) is 0. The lowest BCUT2D eigenvalue weighted by molar-refractivity contribution is 0.842. The molecule has 21 heavy (non-hydrogen) atoms. The molecule has 0 amide bonds. The Morgan fingerprint density at radius 2 is 1.29 bits per heavy atom. The van der Waals surface area contributed by atoms with E-state index < -0.39 is 0 Å². The molecule has 0 fully saturated rings. The summed E-state index contributed by atoms with van der Waals surface area (Å²) in [7, 11) is 0. The molecule has 1 atom stereocenters. The van der Waals surface area contributed by atoms with E-state index in [4.69, 9.17) is 17.3 Å². The maximum Gasteiger partial charge on any atom is 0.0571 e. The quantitative estimate of drug-likeness (QED) is 0.806. The van der Waals surface area contributed by atoms with E-state index in [2.05, 4.69) is 40.7 Å². The lowest BCUT2D eigenvalue weighted by atomic mass is 9.84. The number of aryl methyl sites for hydroxylation is 1. The highest BCUT2D eigenvalue weighted by atomic mass is 35.5. The molecule has 0 spiro atoms. The summed E-state index contributed by atoms with van der Waals surface area (Å²) in [5, 5.41) is 0.747. The molecule has 0 aromatic heterocycles. The minimum absolute atomic E-state index is 0.184. The van der Waals surface area contributed by atoms with Crippen LogP contribution >= 0.6 is 11.6 Å². The Morgan fingerprint density at radius 3 is 1.76 bits per heavy atom. The first-order valence-electron chi connectivity index (χ1n) is 7.34. The van der Waals surface area contributed by atoms with Crippen LogP contribution in [0.15, 0.2) is 18.2 Å². The predicted octanol–water partition coefficient (Wildman–Crippen LogP) is 5.24. The van der Waals surface area contributed by atoms with Crippen molar-refractivity contribution in [2.75, 3.05) is 0 Å². The monoisotopic (exact) mass is 301 g/mol. The highest BCUT2D eigenvalue weighted by molar-refractivity contribution is 6.31. The van der Waals surface area contributed by atoms with Crippen LogP contribution in [0, 0.1) is 41.5 Å². The van der Waals surface area contributed by atoms with E-state index in [0.717, 1.165) is 16.1 Å². The molecule has 2 heteroatoms. The van der Waals surface area contributed by atoms with E-state index in [1.807, 2.05) is 19.1 Å². The average Bonchev–Trinajstić information content (AvgIpc) is 2.43. The molecule has 0 radical (unpaired) electrons. The van der Waals surface area contributed by atoms with Crippen molar-refractivity contribution in [3.63, 3.8) is 0 Å². The normalized spacial score (nSPS) is 12.6. The van der Waals surface area contributed by atoms with Crippen molar-refractivity contribution in [2.24, 2.45) is 5.73 Å². The summed E-state index contributed by atoms with van der Waals surface area (Å²) >= 11 is 6.41. The van der Waals surface area contributed by atoms with Crippen LogP contribution in [0.25, 0.3) is 0 Å². The van der Waals surface area contributed by atoms with Gasteiger partial charge in [0.25, 0.3) is 0 Å². The molecule has 1 nitrogen and oxygen atoms in total. The van der Waals surface area contributed by atoms with E-state index in [1.54, 1.807) is 0 Å². The standard InChI is InChI=1S/C19H24ClN/c1-10-7-8-16(17(20)9-10)19(21)18-14(5)12(3)11(2)13(4)15(18)6/h7-9,19H,21H2,1-6H3. The van der Waals surface area contributed by atoms with Gasteiger partial charge in [-0.25, -0.2) is 0 Å². The van der Waals surface area contributed by atoms with Crippen molar-refractivity contribution < 1.29 is 0 Å². The topological polar surface area (TPSA) is 26.0 Å². The minimum atomic E-state index is -0.184. The molecular formula is C19H24ClN. The zero-order chi connectivity index (χ0) is 15.9. The summed E-state index contributed by atoms with van der Waals surface area (Å²) in [5.74, 6) is 0. The van der Waals surface area contributed by atoms with E-state index in [-0.39, 0.29) is 6.04 Å². The Balaban J connectivity index is 2.66. The number of nitrogens with two attached hydrogens (primary N) is 1. The van der Waals surface area contributed by atoms with E-state index in [1.165, 1.54) is 33.4 Å². The highest BCUT2D eigenvalue weighted by Crippen LogP contribution is 2.35. The molecule has 2 rings (SSSR count). The summed E-state index contributed by atoms with van der Waals surface area (Å²) in [5.41, 5.74) is 16.5. The SMILES string of the molecule is Cc1ccc(C(N)c2c(C)c(C)c(C)c(C)c2C)c(Cl)c1. The van der Waals surface area contributed by atoms with Gasteiger partial charge in [0.1, 0.15) is 0 Å². The van der Waals surface area contributed by atoms with Crippen LogP contribution in [0.5, 0.6) is 0 Å². The fraction of sp³-hybridized carbons (Fsp3) is 0.368. The molecular weight excluding hydrogens is 278 g/mol. The Kier molecular flexibility index (Phi) is 4.46. The molecule has 112 valence electrons. The smallest absolute Gasteiger partial charge is 0.0571 e. The fourth-order valence-corrected chi connectivity index (χ4v) is 3.39. The summed E-state index contributed by atoms with van der Waals surface area (Å²) in [6.45, 7) is 12.9. The van der Waals surface area contributed by atoms with Gasteiger partial charge in [-0.2, -0.15) is 0 Å². The van der Waals surface area contributed by atoms with Crippen molar-refractivity contribution in [1.29, 1.82) is 0 Å². The van der Waals surface area contributed by atoms with Crippen molar-refractivity contribution in [1.82, 2.24) is 0 Å². The van der Waals surface area contributed by atoms with Gasteiger partial charge in [-0.05, 0) is 92.1 Å². The molecule has 2 N–H and O–H groups in total. The first kappa shape index (κ1) is 16.1. The van der Waals surface area contributed by atoms with Crippen molar-refractivity contribution in [2.45, 2.75) is 47.6 Å². The number of halogens is 1. The van der Waals surface area contributed by atoms with Gasteiger partial charge >= 0.3 is 0 Å². The molecule has 0 aliphatic heterocycles. The third-order valence-electron chi connectivity index (χ3n) is 4.86. The number of rotatable bonds is 2. The molecule has 2 aromatic rings. The molecule has 2 aromatic carbocycles. The van der Waals surface area contributed by atoms with Crippen molar-refractivity contribution in [3.05, 3.63) is 67.7 Å². The lowest BCUT2D eigenvalue weighted by Gasteiger charge is -2.24. The van der Waals surface area contributed by atoms with Gasteiger partial charge in [0.2, 0.25) is 0 Å². The first-order chi connectivity index (χ1) is 9.75. The number of hydrogen-bond acceptors (Lipinski definition) is 1. The molecule has 0 saturated heterocycles. The number of benzene rings is 2. The van der Waals surface area contributed by atoms with E-state index >= 15 is 0 Å². The largest absolute Gasteiger partial charge is 0.320 e. The van der Waals surface area contributed by atoms with Crippen LogP contribution in [0.2, 0.25) is 5.02 Å². The predicted molar refractivity (Wildman–Crippen MR) is 92.3 cm³/mol. The summed E-state index contributed by atoms with van der Waals surface area (Å²) < 4.78 is 0. The van der Waals surface area contributed by atoms with Crippen molar-refractivity contribution in [3.8, 4) is 0 Å². The van der Waals surface area contributed by atoms with Crippen LogP contribution in [-0.4, -0.2) is 0 Å². The van der Waals surface area contributed by atoms with Gasteiger partial charge in [0.05, 0.1) is 6.04 Å². The molecule has 0 aliphatic carbocycles. The van der Waals surface area contributed by atoms with Crippen LogP contribution in [0.4, 0.5) is 0 Å². The highest BCUT2D eigenvalue weighted by Gasteiger charge is 2.20. The molecule has 0 heterocycles. The minimum Gasteiger partial charge on any atom is -0.320 e. The Morgan fingerprint density at radius 1 is 0.810 bits per heavy atom. The first-order valence-corrected chi connectivity index (χ1v) is 7.72. The van der Waals surface area contributed by atoms with Gasteiger partial charge < -0.3 is 5.73 Å². The maximum absolute atomic E-state index is 6.57. The summed E-state index contributed by atoms with van der Waals surface area (Å²) in [6, 6.07) is 5.91. The third kappa shape index (κ3) is 2.73. The third-order valence-corrected chi connectivity index (χ3v) is 5.19. The maximum atomic E-state index is 6.57. The second-order valence-electron chi connectivity index (χ2n) is 6.04. The molecule has 1 unspecified atom stereocenters. The van der Waals surface area contributed by atoms with E-state index in [9.17, 15) is 0 Å². The van der Waals surface area contributed by atoms with E-state index in [0.29, 0.717) is 0 Å². The van der Waals surface area contributed by atoms with Gasteiger partial charge in [0, 0.05) is 5.02 Å². The van der Waals surface area contributed by atoms with Gasteiger partial charge in [0.15, 0.2) is 0 Å². The Bertz CT molecular complexity index is 672. The van der Waals surface area contributed by atoms with Crippen LogP contribution in [0.1, 0.15) is 50.5 Å². The average molecular weight is 302 g/mol. The van der Waals surface area contributed by atoms with Crippen LogP contribution < -0.4 is 5.73 Å². The lowest BCUT2D eigenvalue weighted by Crippen LogP contribution is -2.17.